The van der Waals surface area contributed by atoms with Crippen LogP contribution in [0.5, 0.6) is 0 Å². The summed E-state index contributed by atoms with van der Waals surface area (Å²) in [7, 11) is -3.26. The van der Waals surface area contributed by atoms with Crippen molar-refractivity contribution in [2.24, 2.45) is 0 Å². The summed E-state index contributed by atoms with van der Waals surface area (Å²) in [6, 6.07) is 9.36. The fourth-order valence-corrected chi connectivity index (χ4v) is 6.40. The van der Waals surface area contributed by atoms with Gasteiger partial charge in [-0.1, -0.05) is 26.8 Å². The van der Waals surface area contributed by atoms with Crippen LogP contribution in [-0.2, 0) is 26.8 Å². The molecular weight excluding hydrogens is 429 g/mol. The zero-order valence-electron chi connectivity index (χ0n) is 18.5. The highest BCUT2D eigenvalue weighted by molar-refractivity contribution is 7.90. The van der Waals surface area contributed by atoms with Gasteiger partial charge >= 0.3 is 0 Å². The van der Waals surface area contributed by atoms with E-state index in [0.717, 1.165) is 36.5 Å². The molecule has 0 bridgehead atoms. The summed E-state index contributed by atoms with van der Waals surface area (Å²) in [5.74, 6) is 2.44. The molecule has 0 amide bonds. The number of nitrogens with one attached hydrogen (secondary N) is 2. The maximum absolute atomic E-state index is 14.9. The number of hydrogen-bond donors (Lipinski definition) is 2. The van der Waals surface area contributed by atoms with Crippen LogP contribution in [0.1, 0.15) is 80.2 Å². The Morgan fingerprint density at radius 2 is 1.91 bits per heavy atom. The Balaban J connectivity index is 1.28. The minimum atomic E-state index is -3.26. The van der Waals surface area contributed by atoms with Gasteiger partial charge in [0.15, 0.2) is 21.5 Å². The molecular formula is C24H28FN3O3S. The highest BCUT2D eigenvalue weighted by atomic mass is 32.2. The molecule has 1 aliphatic heterocycles. The van der Waals surface area contributed by atoms with E-state index in [0.29, 0.717) is 23.2 Å². The molecule has 1 saturated carbocycles. The zero-order valence-corrected chi connectivity index (χ0v) is 19.4. The van der Waals surface area contributed by atoms with Crippen LogP contribution < -0.4 is 5.32 Å². The highest BCUT2D eigenvalue weighted by Gasteiger charge is 2.32. The lowest BCUT2D eigenvalue weighted by Crippen LogP contribution is -2.09. The highest BCUT2D eigenvalue weighted by Crippen LogP contribution is 2.44. The van der Waals surface area contributed by atoms with Gasteiger partial charge in [-0.05, 0) is 43.0 Å². The number of fused-ring (bicyclic) bond motifs is 1. The summed E-state index contributed by atoms with van der Waals surface area (Å²) in [4.78, 5) is 0. The van der Waals surface area contributed by atoms with Crippen LogP contribution in [0.2, 0.25) is 0 Å². The molecule has 2 atom stereocenters. The average Bonchev–Trinajstić information content (AvgIpc) is 3.47. The molecule has 1 aromatic carbocycles. The zero-order chi connectivity index (χ0) is 22.7. The van der Waals surface area contributed by atoms with Crippen LogP contribution in [-0.4, -0.2) is 18.6 Å². The van der Waals surface area contributed by atoms with E-state index in [1.807, 2.05) is 6.07 Å². The molecule has 0 spiro atoms. The number of anilines is 2. The molecule has 3 aromatic rings. The predicted molar refractivity (Wildman–Crippen MR) is 121 cm³/mol. The Morgan fingerprint density at radius 1 is 1.12 bits per heavy atom. The maximum Gasteiger partial charge on any atom is 0.158 e. The Hall–Kier alpha value is -2.61. The van der Waals surface area contributed by atoms with Gasteiger partial charge in [0, 0.05) is 34.6 Å². The lowest BCUT2D eigenvalue weighted by atomic mass is 9.94. The number of hydrogen-bond acceptors (Lipinski definition) is 5. The fraction of sp³-hybridized carbons (Fsp3) is 0.458. The van der Waals surface area contributed by atoms with Crippen molar-refractivity contribution < 1.29 is 17.2 Å². The number of furan rings is 1. The topological polar surface area (TPSA) is 88.0 Å². The molecule has 170 valence electrons. The summed E-state index contributed by atoms with van der Waals surface area (Å²) < 4.78 is 44.7. The first-order chi connectivity index (χ1) is 15.1. The van der Waals surface area contributed by atoms with Gasteiger partial charge < -0.3 is 9.73 Å². The molecule has 32 heavy (non-hydrogen) atoms. The Morgan fingerprint density at radius 3 is 2.66 bits per heavy atom. The molecule has 1 aliphatic carbocycles. The molecule has 2 N–H and O–H groups in total. The second-order valence-electron chi connectivity index (χ2n) is 10.1. The Labute approximate surface area is 187 Å². The van der Waals surface area contributed by atoms with Gasteiger partial charge in [0.25, 0.3) is 0 Å². The summed E-state index contributed by atoms with van der Waals surface area (Å²) in [5, 5.41) is 10.4. The molecule has 0 radical (unpaired) electrons. The third-order valence-corrected chi connectivity index (χ3v) is 8.06. The molecule has 2 aliphatic rings. The van der Waals surface area contributed by atoms with Crippen molar-refractivity contribution in [2.45, 2.75) is 68.8 Å². The third-order valence-electron chi connectivity index (χ3n) is 6.58. The molecule has 0 saturated heterocycles. The number of rotatable bonds is 4. The van der Waals surface area contributed by atoms with E-state index in [9.17, 15) is 12.8 Å². The monoisotopic (exact) mass is 457 g/mol. The van der Waals surface area contributed by atoms with E-state index in [2.05, 4.69) is 48.4 Å². The maximum atomic E-state index is 14.9. The van der Waals surface area contributed by atoms with Crippen molar-refractivity contribution in [3.05, 3.63) is 64.5 Å². The van der Waals surface area contributed by atoms with E-state index in [-0.39, 0.29) is 28.2 Å². The van der Waals surface area contributed by atoms with Crippen molar-refractivity contribution in [1.82, 2.24) is 10.2 Å². The number of halogens is 1. The van der Waals surface area contributed by atoms with Crippen molar-refractivity contribution in [2.75, 3.05) is 5.32 Å². The molecule has 8 heteroatoms. The van der Waals surface area contributed by atoms with Gasteiger partial charge in [-0.3, -0.25) is 5.10 Å². The van der Waals surface area contributed by atoms with Crippen LogP contribution >= 0.6 is 0 Å². The van der Waals surface area contributed by atoms with Gasteiger partial charge in [0.1, 0.15) is 11.5 Å². The number of aromatic nitrogens is 2. The lowest BCUT2D eigenvalue weighted by molar-refractivity contribution is 0.369. The van der Waals surface area contributed by atoms with Gasteiger partial charge in [0.05, 0.1) is 17.2 Å². The van der Waals surface area contributed by atoms with Gasteiger partial charge in [-0.25, -0.2) is 12.8 Å². The van der Waals surface area contributed by atoms with Crippen molar-refractivity contribution in [3.8, 4) is 0 Å². The SMILES string of the molecule is CC(C)(C)c1ccc(C2CCC(c3cc(Nc4ccc5c(c4F)CS(=O)(=O)C5)n[nH]3)C2)o1. The second kappa shape index (κ2) is 7.47. The van der Waals surface area contributed by atoms with Crippen LogP contribution in [0, 0.1) is 5.82 Å². The summed E-state index contributed by atoms with van der Waals surface area (Å²) in [6.07, 6.45) is 3.06. The number of H-pyrrole nitrogens is 1. The molecule has 5 rings (SSSR count). The van der Waals surface area contributed by atoms with E-state index in [1.54, 1.807) is 12.1 Å². The minimum absolute atomic E-state index is 0.00276. The first-order valence-corrected chi connectivity index (χ1v) is 12.8. The third kappa shape index (κ3) is 3.96. The van der Waals surface area contributed by atoms with Crippen LogP contribution in [0.3, 0.4) is 0 Å². The number of nitrogens with zero attached hydrogens (tertiary/aromatic N) is 1. The van der Waals surface area contributed by atoms with Crippen LogP contribution in [0.25, 0.3) is 0 Å². The summed E-state index contributed by atoms with van der Waals surface area (Å²) >= 11 is 0. The van der Waals surface area contributed by atoms with Gasteiger partial charge in [-0.2, -0.15) is 5.10 Å². The molecule has 1 fully saturated rings. The summed E-state index contributed by atoms with van der Waals surface area (Å²) in [6.45, 7) is 6.44. The fourth-order valence-electron chi connectivity index (χ4n) is 4.80. The van der Waals surface area contributed by atoms with E-state index >= 15 is 0 Å². The first-order valence-electron chi connectivity index (χ1n) is 11.0. The van der Waals surface area contributed by atoms with Crippen LogP contribution in [0.4, 0.5) is 15.9 Å². The smallest absolute Gasteiger partial charge is 0.158 e. The number of sulfone groups is 1. The average molecular weight is 458 g/mol. The van der Waals surface area contributed by atoms with Gasteiger partial charge in [0.2, 0.25) is 0 Å². The Kier molecular flexibility index (Phi) is 4.96. The minimum Gasteiger partial charge on any atom is -0.465 e. The normalized spacial score (nSPS) is 22.2. The first kappa shape index (κ1) is 21.2. The van der Waals surface area contributed by atoms with Crippen molar-refractivity contribution in [1.29, 1.82) is 0 Å². The standard InChI is InChI=1S/C24H28FN3O3S/c1-24(2,3)21-9-8-20(31-21)15-5-4-14(10-15)19-11-22(28-27-19)26-18-7-6-16-12-32(29,30)13-17(16)23(18)25/h6-9,11,14-15H,4-5,10,12-13H2,1-3H3,(H2,26,27,28). The molecule has 2 aromatic heterocycles. The quantitative estimate of drug-likeness (QED) is 0.528. The number of aromatic amines is 1. The van der Waals surface area contributed by atoms with E-state index < -0.39 is 15.7 Å². The molecule has 6 nitrogen and oxygen atoms in total. The van der Waals surface area contributed by atoms with Gasteiger partial charge in [-0.15, -0.1) is 0 Å². The van der Waals surface area contributed by atoms with Crippen molar-refractivity contribution >= 4 is 21.3 Å². The second-order valence-corrected chi connectivity index (χ2v) is 12.2. The van der Waals surface area contributed by atoms with Crippen LogP contribution in [0.15, 0.2) is 34.7 Å². The largest absolute Gasteiger partial charge is 0.465 e. The van der Waals surface area contributed by atoms with E-state index in [4.69, 9.17) is 4.42 Å². The summed E-state index contributed by atoms with van der Waals surface area (Å²) in [5.41, 5.74) is 2.06. The predicted octanol–water partition coefficient (Wildman–Crippen LogP) is 5.66. The lowest BCUT2D eigenvalue weighted by Gasteiger charge is -2.15. The molecule has 2 unspecified atom stereocenters. The Bertz CT molecular complexity index is 1270. The molecule has 3 heterocycles. The van der Waals surface area contributed by atoms with E-state index in [1.165, 1.54) is 0 Å². The number of benzene rings is 1. The van der Waals surface area contributed by atoms with Crippen molar-refractivity contribution in [3.63, 3.8) is 0 Å².